The Morgan fingerprint density at radius 2 is 1.78 bits per heavy atom. The van der Waals surface area contributed by atoms with E-state index in [9.17, 15) is 13.2 Å². The highest BCUT2D eigenvalue weighted by atomic mass is 35.5. The van der Waals surface area contributed by atoms with Crippen LogP contribution in [-0.4, -0.2) is 38.9 Å². The van der Waals surface area contributed by atoms with Gasteiger partial charge in [-0.1, -0.05) is 41.9 Å². The largest absolute Gasteiger partial charge is 0.353 e. The average molecular weight is 427 g/mol. The molecule has 0 radical (unpaired) electrons. The van der Waals surface area contributed by atoms with Crippen LogP contribution in [-0.2, 0) is 20.6 Å². The van der Waals surface area contributed by atoms with Crippen molar-refractivity contribution in [1.82, 2.24) is 5.32 Å². The van der Waals surface area contributed by atoms with E-state index in [0.717, 1.165) is 22.1 Å². The molecule has 8 heteroatoms. The molecule has 0 saturated carbocycles. The van der Waals surface area contributed by atoms with Crippen LogP contribution < -0.4 is 9.62 Å². The van der Waals surface area contributed by atoms with Gasteiger partial charge in [0, 0.05) is 23.1 Å². The van der Waals surface area contributed by atoms with Crippen LogP contribution in [0.2, 0.25) is 5.02 Å². The van der Waals surface area contributed by atoms with E-state index in [1.54, 1.807) is 43.0 Å². The summed E-state index contributed by atoms with van der Waals surface area (Å²) >= 11 is 7.58. The third-order valence-corrected chi connectivity index (χ3v) is 6.35. The molecular formula is C19H23ClN2O3S2. The number of amides is 1. The Balaban J connectivity index is 1.90. The molecule has 0 bridgehead atoms. The minimum atomic E-state index is -3.62. The molecule has 0 saturated heterocycles. The molecule has 2 aromatic carbocycles. The van der Waals surface area contributed by atoms with Crippen LogP contribution in [0.5, 0.6) is 0 Å². The second-order valence-electron chi connectivity index (χ2n) is 6.04. The summed E-state index contributed by atoms with van der Waals surface area (Å²) in [5.74, 6) is 1.27. The fraction of sp³-hybridized carbons (Fsp3) is 0.316. The van der Waals surface area contributed by atoms with Crippen molar-refractivity contribution >= 4 is 45.0 Å². The topological polar surface area (TPSA) is 66.5 Å². The van der Waals surface area contributed by atoms with Gasteiger partial charge in [0.1, 0.15) is 6.04 Å². The van der Waals surface area contributed by atoms with Crippen molar-refractivity contribution < 1.29 is 13.2 Å². The SMILES string of the molecule is C[C@@H](C(=O)NCCSCc1ccccc1)N(c1ccc(Cl)cc1)S(C)(=O)=O. The molecule has 1 amide bonds. The fourth-order valence-electron chi connectivity index (χ4n) is 2.56. The number of sulfonamides is 1. The lowest BCUT2D eigenvalue weighted by Crippen LogP contribution is -2.48. The number of hydrogen-bond acceptors (Lipinski definition) is 4. The summed E-state index contributed by atoms with van der Waals surface area (Å²) in [6.07, 6.45) is 1.08. The number of anilines is 1. The highest BCUT2D eigenvalue weighted by molar-refractivity contribution is 7.98. The normalized spacial score (nSPS) is 12.4. The summed E-state index contributed by atoms with van der Waals surface area (Å²) < 4.78 is 25.5. The van der Waals surface area contributed by atoms with Crippen LogP contribution >= 0.6 is 23.4 Å². The average Bonchev–Trinajstić information content (AvgIpc) is 2.62. The van der Waals surface area contributed by atoms with E-state index in [1.165, 1.54) is 5.56 Å². The summed E-state index contributed by atoms with van der Waals surface area (Å²) in [6, 6.07) is 15.6. The molecule has 146 valence electrons. The number of hydrogen-bond donors (Lipinski definition) is 1. The van der Waals surface area contributed by atoms with Gasteiger partial charge in [-0.15, -0.1) is 0 Å². The number of nitrogens with zero attached hydrogens (tertiary/aromatic N) is 1. The number of benzene rings is 2. The number of thioether (sulfide) groups is 1. The van der Waals surface area contributed by atoms with Crippen molar-refractivity contribution in [2.45, 2.75) is 18.7 Å². The molecule has 2 aromatic rings. The molecule has 0 aromatic heterocycles. The van der Waals surface area contributed by atoms with Crippen molar-refractivity contribution in [3.8, 4) is 0 Å². The van der Waals surface area contributed by atoms with Crippen LogP contribution in [0, 0.1) is 0 Å². The first-order valence-electron chi connectivity index (χ1n) is 8.43. The Labute approximate surface area is 170 Å². The smallest absolute Gasteiger partial charge is 0.243 e. The van der Waals surface area contributed by atoms with Gasteiger partial charge >= 0.3 is 0 Å². The van der Waals surface area contributed by atoms with Gasteiger partial charge in [-0.25, -0.2) is 8.42 Å². The first-order valence-corrected chi connectivity index (χ1v) is 11.8. The second-order valence-corrected chi connectivity index (χ2v) is 9.44. The molecule has 1 N–H and O–H groups in total. The first-order chi connectivity index (χ1) is 12.8. The third kappa shape index (κ3) is 6.75. The summed E-state index contributed by atoms with van der Waals surface area (Å²) in [5.41, 5.74) is 1.64. The van der Waals surface area contributed by atoms with Gasteiger partial charge in [-0.2, -0.15) is 11.8 Å². The van der Waals surface area contributed by atoms with E-state index in [0.29, 0.717) is 17.3 Å². The van der Waals surface area contributed by atoms with Crippen LogP contribution in [0.3, 0.4) is 0 Å². The van der Waals surface area contributed by atoms with Crippen LogP contribution in [0.1, 0.15) is 12.5 Å². The molecule has 0 spiro atoms. The highest BCUT2D eigenvalue weighted by Crippen LogP contribution is 2.23. The lowest BCUT2D eigenvalue weighted by Gasteiger charge is -2.28. The number of carbonyl (C=O) groups is 1. The Hall–Kier alpha value is -1.70. The van der Waals surface area contributed by atoms with E-state index in [1.807, 2.05) is 18.2 Å². The molecule has 1 atom stereocenters. The number of carbonyl (C=O) groups excluding carboxylic acids is 1. The van der Waals surface area contributed by atoms with E-state index in [-0.39, 0.29) is 5.91 Å². The minimum Gasteiger partial charge on any atom is -0.353 e. The van der Waals surface area contributed by atoms with Gasteiger partial charge < -0.3 is 5.32 Å². The van der Waals surface area contributed by atoms with Gasteiger partial charge in [-0.05, 0) is 36.8 Å². The minimum absolute atomic E-state index is 0.337. The van der Waals surface area contributed by atoms with Crippen molar-refractivity contribution in [2.75, 3.05) is 22.9 Å². The molecule has 2 rings (SSSR count). The number of nitrogens with one attached hydrogen (secondary N) is 1. The number of rotatable bonds is 9. The third-order valence-electron chi connectivity index (χ3n) is 3.83. The lowest BCUT2D eigenvalue weighted by molar-refractivity contribution is -0.121. The van der Waals surface area contributed by atoms with Gasteiger partial charge in [0.25, 0.3) is 0 Å². The van der Waals surface area contributed by atoms with Gasteiger partial charge in [0.2, 0.25) is 15.9 Å². The van der Waals surface area contributed by atoms with Crippen molar-refractivity contribution in [3.05, 3.63) is 65.2 Å². The first kappa shape index (κ1) is 21.6. The summed E-state index contributed by atoms with van der Waals surface area (Å²) in [7, 11) is -3.62. The van der Waals surface area contributed by atoms with Crippen molar-refractivity contribution in [1.29, 1.82) is 0 Å². The Morgan fingerprint density at radius 3 is 2.37 bits per heavy atom. The monoisotopic (exact) mass is 426 g/mol. The standard InChI is InChI=1S/C19H23ClN2O3S2/c1-15(22(27(2,24)25)18-10-8-17(20)9-11-18)19(23)21-12-13-26-14-16-6-4-3-5-7-16/h3-11,15H,12-14H2,1-2H3,(H,21,23)/t15-/m0/s1. The molecule has 0 fully saturated rings. The zero-order valence-corrected chi connectivity index (χ0v) is 17.7. The zero-order valence-electron chi connectivity index (χ0n) is 15.3. The van der Waals surface area contributed by atoms with Gasteiger partial charge in [0.05, 0.1) is 11.9 Å². The second kappa shape index (κ2) is 10.0. The van der Waals surface area contributed by atoms with E-state index in [2.05, 4.69) is 17.4 Å². The molecule has 27 heavy (non-hydrogen) atoms. The predicted molar refractivity (Wildman–Crippen MR) is 114 cm³/mol. The Kier molecular flexibility index (Phi) is 8.01. The highest BCUT2D eigenvalue weighted by Gasteiger charge is 2.28. The molecular weight excluding hydrogens is 404 g/mol. The quantitative estimate of drug-likeness (QED) is 0.623. The maximum atomic E-state index is 12.5. The molecule has 0 aliphatic rings. The Bertz CT molecular complexity index is 843. The lowest BCUT2D eigenvalue weighted by atomic mass is 10.2. The number of halogens is 1. The maximum absolute atomic E-state index is 12.5. The molecule has 0 aliphatic heterocycles. The molecule has 0 heterocycles. The summed E-state index contributed by atoms with van der Waals surface area (Å²) in [6.45, 7) is 2.04. The van der Waals surface area contributed by atoms with Crippen molar-refractivity contribution in [2.24, 2.45) is 0 Å². The van der Waals surface area contributed by atoms with Gasteiger partial charge in [-0.3, -0.25) is 9.10 Å². The molecule has 5 nitrogen and oxygen atoms in total. The van der Waals surface area contributed by atoms with Crippen LogP contribution in [0.25, 0.3) is 0 Å². The van der Waals surface area contributed by atoms with E-state index >= 15 is 0 Å². The molecule has 0 aliphatic carbocycles. The van der Waals surface area contributed by atoms with Gasteiger partial charge in [0.15, 0.2) is 0 Å². The van der Waals surface area contributed by atoms with Crippen LogP contribution in [0.15, 0.2) is 54.6 Å². The van der Waals surface area contributed by atoms with E-state index in [4.69, 9.17) is 11.6 Å². The maximum Gasteiger partial charge on any atom is 0.243 e. The van der Waals surface area contributed by atoms with E-state index < -0.39 is 16.1 Å². The Morgan fingerprint density at radius 1 is 1.15 bits per heavy atom. The van der Waals surface area contributed by atoms with Crippen LogP contribution in [0.4, 0.5) is 5.69 Å². The predicted octanol–water partition coefficient (Wildman–Crippen LogP) is 3.54. The summed E-state index contributed by atoms with van der Waals surface area (Å²) in [4.78, 5) is 12.5. The van der Waals surface area contributed by atoms with Crippen molar-refractivity contribution in [3.63, 3.8) is 0 Å². The fourth-order valence-corrected chi connectivity index (χ4v) is 4.67. The summed E-state index contributed by atoms with van der Waals surface area (Å²) in [5, 5.41) is 3.31. The molecule has 0 unspecified atom stereocenters. The zero-order chi connectivity index (χ0) is 19.9.